The highest BCUT2D eigenvalue weighted by atomic mass is 19.1. The number of hydrogen-bond donors (Lipinski definition) is 0. The number of benzene rings is 1. The first-order chi connectivity index (χ1) is 9.28. The van der Waals surface area contributed by atoms with Gasteiger partial charge < -0.3 is 4.74 Å². The lowest BCUT2D eigenvalue weighted by atomic mass is 10.1. The molecular weight excluding hydrogens is 245 g/mol. The lowest BCUT2D eigenvalue weighted by Gasteiger charge is -2.08. The van der Waals surface area contributed by atoms with Crippen LogP contribution in [0.5, 0.6) is 5.88 Å². The maximum absolute atomic E-state index is 12.9. The molecule has 0 radical (unpaired) electrons. The van der Waals surface area contributed by atoms with E-state index in [0.717, 1.165) is 23.3 Å². The summed E-state index contributed by atoms with van der Waals surface area (Å²) < 4.78 is 18.1. The van der Waals surface area contributed by atoms with Gasteiger partial charge in [-0.15, -0.1) is 0 Å². The predicted molar refractivity (Wildman–Crippen MR) is 69.3 cm³/mol. The SMILES string of the molecule is COc1nc2ccccc2cc1-c1ncc(F)cn1. The Balaban J connectivity index is 2.23. The van der Waals surface area contributed by atoms with Gasteiger partial charge in [0.2, 0.25) is 5.88 Å². The van der Waals surface area contributed by atoms with Crippen molar-refractivity contribution in [3.05, 3.63) is 48.5 Å². The van der Waals surface area contributed by atoms with Crippen LogP contribution in [0.4, 0.5) is 4.39 Å². The minimum Gasteiger partial charge on any atom is -0.480 e. The number of hydrogen-bond acceptors (Lipinski definition) is 4. The van der Waals surface area contributed by atoms with E-state index in [1.54, 1.807) is 0 Å². The number of nitrogens with zero attached hydrogens (tertiary/aromatic N) is 3. The number of ether oxygens (including phenoxy) is 1. The third-order valence-corrected chi connectivity index (χ3v) is 2.74. The van der Waals surface area contributed by atoms with Crippen molar-refractivity contribution in [1.82, 2.24) is 15.0 Å². The molecule has 0 aliphatic heterocycles. The van der Waals surface area contributed by atoms with Gasteiger partial charge in [0.25, 0.3) is 0 Å². The van der Waals surface area contributed by atoms with Crippen LogP contribution >= 0.6 is 0 Å². The highest BCUT2D eigenvalue weighted by Crippen LogP contribution is 2.28. The van der Waals surface area contributed by atoms with Crippen LogP contribution in [0.1, 0.15) is 0 Å². The van der Waals surface area contributed by atoms with Crippen LogP contribution in [0.2, 0.25) is 0 Å². The zero-order chi connectivity index (χ0) is 13.2. The maximum Gasteiger partial charge on any atom is 0.224 e. The first-order valence-corrected chi connectivity index (χ1v) is 5.69. The number of aromatic nitrogens is 3. The molecule has 3 rings (SSSR count). The van der Waals surface area contributed by atoms with Crippen molar-refractivity contribution in [3.63, 3.8) is 0 Å². The molecule has 1 aromatic carbocycles. The Morgan fingerprint density at radius 3 is 2.58 bits per heavy atom. The Morgan fingerprint density at radius 2 is 1.84 bits per heavy atom. The zero-order valence-electron chi connectivity index (χ0n) is 10.2. The van der Waals surface area contributed by atoms with E-state index in [1.807, 2.05) is 30.3 Å². The van der Waals surface area contributed by atoms with Crippen molar-refractivity contribution >= 4 is 10.9 Å². The van der Waals surface area contributed by atoms with Gasteiger partial charge in [0.05, 0.1) is 30.6 Å². The van der Waals surface area contributed by atoms with E-state index in [2.05, 4.69) is 15.0 Å². The molecule has 2 aromatic heterocycles. The van der Waals surface area contributed by atoms with E-state index in [-0.39, 0.29) is 0 Å². The molecule has 4 nitrogen and oxygen atoms in total. The second kappa shape index (κ2) is 4.61. The van der Waals surface area contributed by atoms with Gasteiger partial charge in [-0.3, -0.25) is 0 Å². The molecule has 3 aromatic rings. The fourth-order valence-electron chi connectivity index (χ4n) is 1.87. The van der Waals surface area contributed by atoms with Crippen molar-refractivity contribution in [1.29, 1.82) is 0 Å². The van der Waals surface area contributed by atoms with Crippen molar-refractivity contribution in [2.75, 3.05) is 7.11 Å². The van der Waals surface area contributed by atoms with E-state index >= 15 is 0 Å². The maximum atomic E-state index is 12.9. The molecule has 0 aliphatic carbocycles. The normalized spacial score (nSPS) is 10.6. The monoisotopic (exact) mass is 255 g/mol. The molecule has 2 heterocycles. The third kappa shape index (κ3) is 2.10. The van der Waals surface area contributed by atoms with Crippen LogP contribution in [0.25, 0.3) is 22.3 Å². The highest BCUT2D eigenvalue weighted by molar-refractivity contribution is 5.84. The Bertz CT molecular complexity index is 728. The van der Waals surface area contributed by atoms with E-state index in [9.17, 15) is 4.39 Å². The highest BCUT2D eigenvalue weighted by Gasteiger charge is 2.12. The quantitative estimate of drug-likeness (QED) is 0.706. The summed E-state index contributed by atoms with van der Waals surface area (Å²) in [6, 6.07) is 9.55. The van der Waals surface area contributed by atoms with Gasteiger partial charge >= 0.3 is 0 Å². The molecule has 0 spiro atoms. The molecule has 94 valence electrons. The number of pyridine rings is 1. The second-order valence-corrected chi connectivity index (χ2v) is 3.96. The third-order valence-electron chi connectivity index (χ3n) is 2.74. The number of fused-ring (bicyclic) bond motifs is 1. The summed E-state index contributed by atoms with van der Waals surface area (Å²) in [5.41, 5.74) is 1.46. The molecule has 0 bridgehead atoms. The molecule has 0 N–H and O–H groups in total. The van der Waals surface area contributed by atoms with E-state index in [0.29, 0.717) is 17.3 Å². The van der Waals surface area contributed by atoms with E-state index in [1.165, 1.54) is 7.11 Å². The lowest BCUT2D eigenvalue weighted by molar-refractivity contribution is 0.401. The summed E-state index contributed by atoms with van der Waals surface area (Å²) in [6.07, 6.45) is 2.24. The summed E-state index contributed by atoms with van der Waals surface area (Å²) in [6.45, 7) is 0. The molecular formula is C14H10FN3O. The number of halogens is 1. The zero-order valence-corrected chi connectivity index (χ0v) is 10.2. The Labute approximate surface area is 108 Å². The van der Waals surface area contributed by atoms with Gasteiger partial charge in [-0.05, 0) is 12.1 Å². The fraction of sp³-hybridized carbons (Fsp3) is 0.0714. The van der Waals surface area contributed by atoms with Gasteiger partial charge in [0.1, 0.15) is 0 Å². The first kappa shape index (κ1) is 11.5. The van der Waals surface area contributed by atoms with Crippen LogP contribution in [0.3, 0.4) is 0 Å². The lowest BCUT2D eigenvalue weighted by Crippen LogP contribution is -1.96. The van der Waals surface area contributed by atoms with Crippen molar-refractivity contribution < 1.29 is 9.13 Å². The second-order valence-electron chi connectivity index (χ2n) is 3.96. The van der Waals surface area contributed by atoms with Crippen LogP contribution in [-0.2, 0) is 0 Å². The van der Waals surface area contributed by atoms with Crippen LogP contribution in [-0.4, -0.2) is 22.1 Å². The summed E-state index contributed by atoms with van der Waals surface area (Å²) in [4.78, 5) is 12.3. The first-order valence-electron chi connectivity index (χ1n) is 5.69. The standard InChI is InChI=1S/C14H10FN3O/c1-19-14-11(13-16-7-10(15)8-17-13)6-9-4-2-3-5-12(9)18-14/h2-8H,1H3. The minimum absolute atomic E-state index is 0.386. The summed E-state index contributed by atoms with van der Waals surface area (Å²) in [5, 5.41) is 0.950. The molecule has 0 saturated heterocycles. The Morgan fingerprint density at radius 1 is 1.11 bits per heavy atom. The largest absolute Gasteiger partial charge is 0.480 e. The smallest absolute Gasteiger partial charge is 0.224 e. The number of methoxy groups -OCH3 is 1. The molecule has 0 saturated carbocycles. The van der Waals surface area contributed by atoms with Gasteiger partial charge in [-0.1, -0.05) is 18.2 Å². The van der Waals surface area contributed by atoms with Crippen molar-refractivity contribution in [3.8, 4) is 17.3 Å². The fourth-order valence-corrected chi connectivity index (χ4v) is 1.87. The van der Waals surface area contributed by atoms with Gasteiger partial charge in [-0.25, -0.2) is 19.3 Å². The van der Waals surface area contributed by atoms with Crippen LogP contribution in [0.15, 0.2) is 42.7 Å². The summed E-state index contributed by atoms with van der Waals surface area (Å²) >= 11 is 0. The van der Waals surface area contributed by atoms with E-state index in [4.69, 9.17) is 4.74 Å². The molecule has 0 aliphatic rings. The molecule has 0 atom stereocenters. The average molecular weight is 255 g/mol. The topological polar surface area (TPSA) is 47.9 Å². The minimum atomic E-state index is -0.475. The van der Waals surface area contributed by atoms with Crippen molar-refractivity contribution in [2.45, 2.75) is 0 Å². The summed E-state index contributed by atoms with van der Waals surface area (Å²) in [7, 11) is 1.53. The Kier molecular flexibility index (Phi) is 2.79. The van der Waals surface area contributed by atoms with E-state index < -0.39 is 5.82 Å². The van der Waals surface area contributed by atoms with Crippen molar-refractivity contribution in [2.24, 2.45) is 0 Å². The Hall–Kier alpha value is -2.56. The number of rotatable bonds is 2. The molecule has 0 unspecified atom stereocenters. The van der Waals surface area contributed by atoms with Crippen LogP contribution < -0.4 is 4.74 Å². The van der Waals surface area contributed by atoms with Gasteiger partial charge in [-0.2, -0.15) is 0 Å². The molecule has 0 amide bonds. The van der Waals surface area contributed by atoms with Gasteiger partial charge in [0.15, 0.2) is 11.6 Å². The molecule has 5 heteroatoms. The summed E-state index contributed by atoms with van der Waals surface area (Å²) in [5.74, 6) is 0.332. The average Bonchev–Trinajstić information content (AvgIpc) is 2.46. The predicted octanol–water partition coefficient (Wildman–Crippen LogP) is 2.84. The van der Waals surface area contributed by atoms with Crippen LogP contribution in [0, 0.1) is 5.82 Å². The molecule has 19 heavy (non-hydrogen) atoms. The number of para-hydroxylation sites is 1. The molecule has 0 fully saturated rings. The van der Waals surface area contributed by atoms with Gasteiger partial charge in [0, 0.05) is 5.39 Å².